The van der Waals surface area contributed by atoms with Crippen LogP contribution in [0.3, 0.4) is 0 Å². The van der Waals surface area contributed by atoms with Gasteiger partial charge in [0.15, 0.2) is 17.3 Å². The number of rotatable bonds is 8. The topological polar surface area (TPSA) is 131 Å². The lowest BCUT2D eigenvalue weighted by Crippen LogP contribution is -2.42. The minimum Gasteiger partial charge on any atom is -0.452 e. The zero-order valence-electron chi connectivity index (χ0n) is 21.9. The second kappa shape index (κ2) is 12.0. The van der Waals surface area contributed by atoms with Crippen LogP contribution in [0.25, 0.3) is 11.3 Å². The number of aryl methyl sites for hydroxylation is 1. The first kappa shape index (κ1) is 28.1. The van der Waals surface area contributed by atoms with Gasteiger partial charge in [0.1, 0.15) is 11.4 Å². The van der Waals surface area contributed by atoms with Crippen LogP contribution in [0.2, 0.25) is 0 Å². The van der Waals surface area contributed by atoms with E-state index in [4.69, 9.17) is 10.1 Å². The highest BCUT2D eigenvalue weighted by Gasteiger charge is 2.20. The third kappa shape index (κ3) is 5.71. The highest BCUT2D eigenvalue weighted by atomic mass is 32.1. The zero-order valence-corrected chi connectivity index (χ0v) is 22.7. The molecule has 42 heavy (non-hydrogen) atoms. The summed E-state index contributed by atoms with van der Waals surface area (Å²) in [5.41, 5.74) is 0.130. The maximum absolute atomic E-state index is 15.2. The van der Waals surface area contributed by atoms with Gasteiger partial charge in [0.25, 0.3) is 11.5 Å². The first-order valence-corrected chi connectivity index (χ1v) is 13.3. The SMILES string of the molecule is CCn1cc(C(=O)Nc2ccc(OC3=CC(c4cnsc4)=CN/C3=C\C=N)c(F)c2)c(=O)n(-c2ccc(F)cc2)c1=O. The minimum absolute atomic E-state index is 0.0303. The van der Waals surface area contributed by atoms with Gasteiger partial charge in [0.2, 0.25) is 0 Å². The average molecular weight is 589 g/mol. The molecule has 212 valence electrons. The summed E-state index contributed by atoms with van der Waals surface area (Å²) in [5, 5.41) is 14.7. The Morgan fingerprint density at radius 3 is 2.64 bits per heavy atom. The first-order valence-electron chi connectivity index (χ1n) is 12.5. The average Bonchev–Trinajstić information content (AvgIpc) is 3.52. The number of halogens is 2. The molecule has 0 saturated carbocycles. The number of ether oxygens (including phenoxy) is 1. The summed E-state index contributed by atoms with van der Waals surface area (Å²) in [6, 6.07) is 8.42. The molecule has 0 saturated heterocycles. The third-order valence-corrected chi connectivity index (χ3v) is 6.77. The normalized spacial score (nSPS) is 13.6. The molecule has 1 amide bonds. The van der Waals surface area contributed by atoms with Crippen LogP contribution in [0.4, 0.5) is 14.5 Å². The number of hydrogen-bond acceptors (Lipinski definition) is 8. The van der Waals surface area contributed by atoms with Gasteiger partial charge in [-0.3, -0.25) is 14.2 Å². The molecular weight excluding hydrogens is 566 g/mol. The lowest BCUT2D eigenvalue weighted by molar-refractivity contribution is 0.102. The summed E-state index contributed by atoms with van der Waals surface area (Å²) >= 11 is 1.27. The zero-order chi connectivity index (χ0) is 29.8. The van der Waals surface area contributed by atoms with Crippen LogP contribution in [-0.4, -0.2) is 25.6 Å². The van der Waals surface area contributed by atoms with Crippen molar-refractivity contribution in [3.05, 3.63) is 134 Å². The number of amides is 1. The van der Waals surface area contributed by atoms with E-state index < -0.39 is 28.8 Å². The van der Waals surface area contributed by atoms with E-state index in [2.05, 4.69) is 15.0 Å². The van der Waals surface area contributed by atoms with E-state index in [1.807, 2.05) is 5.38 Å². The first-order chi connectivity index (χ1) is 20.3. The molecule has 0 radical (unpaired) electrons. The second-order valence-electron chi connectivity index (χ2n) is 8.84. The van der Waals surface area contributed by atoms with E-state index in [-0.39, 0.29) is 35.0 Å². The Morgan fingerprint density at radius 1 is 1.19 bits per heavy atom. The monoisotopic (exact) mass is 588 g/mol. The van der Waals surface area contributed by atoms with E-state index in [0.717, 1.165) is 50.9 Å². The molecule has 1 aliphatic heterocycles. The van der Waals surface area contributed by atoms with E-state index in [9.17, 15) is 18.8 Å². The van der Waals surface area contributed by atoms with Crippen LogP contribution >= 0.6 is 11.5 Å². The van der Waals surface area contributed by atoms with E-state index in [1.54, 1.807) is 25.4 Å². The number of allylic oxidation sites excluding steroid dienone is 3. The Balaban J connectivity index is 1.41. The Kier molecular flexibility index (Phi) is 8.02. The number of dihydropyridines is 1. The molecule has 3 heterocycles. The number of hydrogen-bond donors (Lipinski definition) is 3. The molecular formula is C29H22F2N6O4S. The third-order valence-electron chi connectivity index (χ3n) is 6.19. The number of anilines is 1. The Morgan fingerprint density at radius 2 is 1.98 bits per heavy atom. The van der Waals surface area contributed by atoms with Crippen molar-refractivity contribution in [2.75, 3.05) is 5.32 Å². The van der Waals surface area contributed by atoms with Gasteiger partial charge in [0, 0.05) is 59.6 Å². The lowest BCUT2D eigenvalue weighted by atomic mass is 10.1. The van der Waals surface area contributed by atoms with Crippen molar-refractivity contribution < 1.29 is 18.3 Å². The van der Waals surface area contributed by atoms with Crippen LogP contribution in [0.5, 0.6) is 5.75 Å². The quantitative estimate of drug-likeness (QED) is 0.261. The van der Waals surface area contributed by atoms with Crippen molar-refractivity contribution in [3.63, 3.8) is 0 Å². The van der Waals surface area contributed by atoms with Gasteiger partial charge in [-0.25, -0.2) is 22.5 Å². The summed E-state index contributed by atoms with van der Waals surface area (Å²) in [5.74, 6) is -2.14. The summed E-state index contributed by atoms with van der Waals surface area (Å²) in [6.45, 7) is 1.81. The van der Waals surface area contributed by atoms with Crippen LogP contribution < -0.4 is 26.6 Å². The molecule has 2 aromatic carbocycles. The molecule has 10 nitrogen and oxygen atoms in total. The molecule has 3 N–H and O–H groups in total. The number of aromatic nitrogens is 3. The predicted molar refractivity (Wildman–Crippen MR) is 155 cm³/mol. The number of carbonyl (C=O) groups is 1. The maximum Gasteiger partial charge on any atom is 0.335 e. The maximum atomic E-state index is 15.2. The van der Waals surface area contributed by atoms with Crippen molar-refractivity contribution in [2.45, 2.75) is 13.5 Å². The van der Waals surface area contributed by atoms with Crippen LogP contribution in [-0.2, 0) is 6.54 Å². The molecule has 0 aliphatic carbocycles. The van der Waals surface area contributed by atoms with Crippen molar-refractivity contribution in [1.29, 1.82) is 5.41 Å². The largest absolute Gasteiger partial charge is 0.452 e. The van der Waals surface area contributed by atoms with Gasteiger partial charge in [0.05, 0.1) is 11.4 Å². The van der Waals surface area contributed by atoms with Crippen molar-refractivity contribution in [1.82, 2.24) is 18.8 Å². The highest BCUT2D eigenvalue weighted by molar-refractivity contribution is 7.03. The van der Waals surface area contributed by atoms with Gasteiger partial charge < -0.3 is 20.8 Å². The van der Waals surface area contributed by atoms with E-state index >= 15 is 4.39 Å². The van der Waals surface area contributed by atoms with Gasteiger partial charge in [-0.15, -0.1) is 0 Å². The number of benzene rings is 2. The Bertz CT molecular complexity index is 1890. The van der Waals surface area contributed by atoms with E-state index in [1.165, 1.54) is 41.9 Å². The fourth-order valence-corrected chi connectivity index (χ4v) is 4.63. The summed E-state index contributed by atoms with van der Waals surface area (Å²) in [7, 11) is 0. The second-order valence-corrected chi connectivity index (χ2v) is 9.50. The van der Waals surface area contributed by atoms with Crippen molar-refractivity contribution in [2.24, 2.45) is 0 Å². The molecule has 2 aromatic heterocycles. The van der Waals surface area contributed by atoms with Gasteiger partial charge in [-0.05, 0) is 67.0 Å². The molecule has 0 bridgehead atoms. The molecule has 0 atom stereocenters. The smallest absolute Gasteiger partial charge is 0.335 e. The fraction of sp³-hybridized carbons (Fsp3) is 0.0690. The molecule has 5 rings (SSSR count). The molecule has 0 spiro atoms. The summed E-state index contributed by atoms with van der Waals surface area (Å²) < 4.78 is 40.4. The van der Waals surface area contributed by atoms with Gasteiger partial charge in [-0.2, -0.15) is 0 Å². The Labute approximate surface area is 241 Å². The Hall–Kier alpha value is -5.43. The molecule has 4 aromatic rings. The molecule has 0 fully saturated rings. The number of nitrogens with zero attached hydrogens (tertiary/aromatic N) is 3. The van der Waals surface area contributed by atoms with Crippen LogP contribution in [0, 0.1) is 17.0 Å². The number of carbonyl (C=O) groups excluding carboxylic acids is 1. The van der Waals surface area contributed by atoms with Crippen molar-refractivity contribution in [3.8, 4) is 11.4 Å². The minimum atomic E-state index is -0.916. The summed E-state index contributed by atoms with van der Waals surface area (Å²) in [4.78, 5) is 39.1. The predicted octanol–water partition coefficient (Wildman–Crippen LogP) is 4.45. The molecule has 1 aliphatic rings. The highest BCUT2D eigenvalue weighted by Crippen LogP contribution is 2.29. The van der Waals surface area contributed by atoms with Crippen molar-refractivity contribution >= 4 is 34.9 Å². The fourth-order valence-electron chi connectivity index (χ4n) is 4.08. The number of nitrogens with one attached hydrogen (secondary N) is 3. The molecule has 0 unspecified atom stereocenters. The summed E-state index contributed by atoms with van der Waals surface area (Å²) in [6.07, 6.45) is 8.71. The standard InChI is InChI=1S/C29H22F2N6O4S/c1-2-36-15-22(28(39)37(29(36)40)21-6-3-19(30)4-7-21)27(38)35-20-5-8-25(23(31)12-20)41-26-11-17(18-14-34-42-16-18)13-33-24(26)9-10-32/h3-16,32-33H,2H2,1H3,(H,35,38)/b24-9-,32-10?. The van der Waals surface area contributed by atoms with Gasteiger partial charge in [-0.1, -0.05) is 0 Å². The van der Waals surface area contributed by atoms with Crippen LogP contribution in [0.15, 0.2) is 99.6 Å². The van der Waals surface area contributed by atoms with E-state index in [0.29, 0.717) is 5.70 Å². The van der Waals surface area contributed by atoms with Gasteiger partial charge >= 0.3 is 5.69 Å². The molecule has 13 heteroatoms. The lowest BCUT2D eigenvalue weighted by Gasteiger charge is -2.19. The van der Waals surface area contributed by atoms with Crippen LogP contribution in [0.1, 0.15) is 22.8 Å².